The Morgan fingerprint density at radius 3 is 2.90 bits per heavy atom. The third-order valence-electron chi connectivity index (χ3n) is 2.70. The van der Waals surface area contributed by atoms with Crippen LogP contribution >= 0.6 is 22.7 Å². The smallest absolute Gasteiger partial charge is 0.338 e. The van der Waals surface area contributed by atoms with Gasteiger partial charge in [0.2, 0.25) is 5.78 Å². The molecular weight excluding hydrogens is 294 g/mol. The molecule has 0 aliphatic heterocycles. The lowest BCUT2D eigenvalue weighted by Crippen LogP contribution is -2.13. The van der Waals surface area contributed by atoms with E-state index in [2.05, 4.69) is 4.98 Å². The molecule has 100 valence electrons. The summed E-state index contributed by atoms with van der Waals surface area (Å²) >= 11 is 2.79. The molecule has 0 aliphatic rings. The quantitative estimate of drug-likeness (QED) is 0.547. The van der Waals surface area contributed by atoms with E-state index in [-0.39, 0.29) is 12.4 Å². The minimum Gasteiger partial charge on any atom is -0.454 e. The van der Waals surface area contributed by atoms with Crippen LogP contribution in [0, 0.1) is 0 Å². The Hall–Kier alpha value is -2.05. The van der Waals surface area contributed by atoms with Crippen molar-refractivity contribution in [3.05, 3.63) is 51.7 Å². The molecule has 0 saturated heterocycles. The first-order chi connectivity index (χ1) is 9.74. The van der Waals surface area contributed by atoms with Crippen molar-refractivity contribution in [1.82, 2.24) is 4.98 Å². The summed E-state index contributed by atoms with van der Waals surface area (Å²) in [6.45, 7) is -0.236. The summed E-state index contributed by atoms with van der Waals surface area (Å²) in [4.78, 5) is 28.4. The van der Waals surface area contributed by atoms with Crippen molar-refractivity contribution >= 4 is 44.6 Å². The number of ketones is 1. The summed E-state index contributed by atoms with van der Waals surface area (Å²) in [7, 11) is 0. The molecule has 0 aliphatic carbocycles. The van der Waals surface area contributed by atoms with Crippen molar-refractivity contribution in [1.29, 1.82) is 0 Å². The predicted molar refractivity (Wildman–Crippen MR) is 78.6 cm³/mol. The second kappa shape index (κ2) is 5.52. The van der Waals surface area contributed by atoms with E-state index in [9.17, 15) is 9.59 Å². The number of aromatic nitrogens is 1. The number of rotatable bonds is 4. The standard InChI is InChI=1S/C14H9NO3S2/c16-11(12-2-1-5-19-12)7-18-14(17)9-3-4-10-13(6-9)20-8-15-10/h1-6,8H,7H2. The van der Waals surface area contributed by atoms with Crippen molar-refractivity contribution in [3.8, 4) is 0 Å². The number of benzene rings is 1. The lowest BCUT2D eigenvalue weighted by atomic mass is 10.2. The van der Waals surface area contributed by atoms with Crippen LogP contribution in [-0.4, -0.2) is 23.3 Å². The van der Waals surface area contributed by atoms with E-state index in [1.54, 1.807) is 35.8 Å². The van der Waals surface area contributed by atoms with Crippen LogP contribution in [0.1, 0.15) is 20.0 Å². The fraction of sp³-hybridized carbons (Fsp3) is 0.0714. The van der Waals surface area contributed by atoms with Crippen LogP contribution < -0.4 is 0 Å². The number of ether oxygens (including phenoxy) is 1. The van der Waals surface area contributed by atoms with Crippen LogP contribution in [0.2, 0.25) is 0 Å². The number of nitrogens with zero attached hydrogens (tertiary/aromatic N) is 1. The average molecular weight is 303 g/mol. The topological polar surface area (TPSA) is 56.3 Å². The van der Waals surface area contributed by atoms with Crippen LogP contribution in [-0.2, 0) is 4.74 Å². The number of Topliss-reactive ketones (excluding diaryl/α,β-unsaturated/α-hetero) is 1. The molecule has 4 nitrogen and oxygen atoms in total. The molecule has 0 N–H and O–H groups in total. The molecule has 1 aromatic carbocycles. The largest absolute Gasteiger partial charge is 0.454 e. The van der Waals surface area contributed by atoms with Crippen LogP contribution in [0.4, 0.5) is 0 Å². The summed E-state index contributed by atoms with van der Waals surface area (Å²) in [5.74, 6) is -0.683. The van der Waals surface area contributed by atoms with Gasteiger partial charge in [0.05, 0.1) is 26.2 Å². The highest BCUT2D eigenvalue weighted by Crippen LogP contribution is 2.19. The van der Waals surface area contributed by atoms with Crippen molar-refractivity contribution in [2.45, 2.75) is 0 Å². The molecule has 6 heteroatoms. The van der Waals surface area contributed by atoms with E-state index in [1.165, 1.54) is 22.7 Å². The molecule has 0 atom stereocenters. The summed E-state index contributed by atoms with van der Waals surface area (Å²) in [6.07, 6.45) is 0. The predicted octanol–water partition coefficient (Wildman–Crippen LogP) is 3.40. The summed E-state index contributed by atoms with van der Waals surface area (Å²) in [6, 6.07) is 8.65. The third kappa shape index (κ3) is 2.61. The molecule has 0 radical (unpaired) electrons. The zero-order valence-electron chi connectivity index (χ0n) is 10.2. The van der Waals surface area contributed by atoms with Gasteiger partial charge in [-0.15, -0.1) is 22.7 Å². The number of carbonyl (C=O) groups is 2. The molecular formula is C14H9NO3S2. The average Bonchev–Trinajstić information content (AvgIpc) is 3.13. The minimum absolute atomic E-state index is 0.188. The Balaban J connectivity index is 1.68. The van der Waals surface area contributed by atoms with Gasteiger partial charge in [-0.2, -0.15) is 0 Å². The van der Waals surface area contributed by atoms with Crippen molar-refractivity contribution < 1.29 is 14.3 Å². The maximum absolute atomic E-state index is 11.9. The van der Waals surface area contributed by atoms with Gasteiger partial charge in [-0.05, 0) is 29.6 Å². The summed E-state index contributed by atoms with van der Waals surface area (Å²) in [5.41, 5.74) is 3.00. The first-order valence-corrected chi connectivity index (χ1v) is 7.57. The highest BCUT2D eigenvalue weighted by atomic mass is 32.1. The van der Waals surface area contributed by atoms with Crippen LogP contribution in [0.5, 0.6) is 0 Å². The van der Waals surface area contributed by atoms with E-state index in [0.717, 1.165) is 10.2 Å². The number of fused-ring (bicyclic) bond motifs is 1. The van der Waals surface area contributed by atoms with Crippen molar-refractivity contribution in [2.24, 2.45) is 0 Å². The van der Waals surface area contributed by atoms with Gasteiger partial charge in [0.25, 0.3) is 0 Å². The third-order valence-corrected chi connectivity index (χ3v) is 4.40. The lowest BCUT2D eigenvalue weighted by Gasteiger charge is -2.03. The van der Waals surface area contributed by atoms with Crippen LogP contribution in [0.15, 0.2) is 41.2 Å². The SMILES string of the molecule is O=C(OCC(=O)c1cccs1)c1ccc2ncsc2c1. The number of hydrogen-bond donors (Lipinski definition) is 0. The first kappa shape index (κ1) is 13.0. The van der Waals surface area contributed by atoms with Gasteiger partial charge in [-0.1, -0.05) is 6.07 Å². The number of esters is 1. The molecule has 0 fully saturated rings. The Labute approximate surface area is 122 Å². The second-order valence-corrected chi connectivity index (χ2v) is 5.85. The molecule has 2 aromatic heterocycles. The van der Waals surface area contributed by atoms with Gasteiger partial charge in [-0.25, -0.2) is 9.78 Å². The van der Waals surface area contributed by atoms with E-state index in [1.807, 2.05) is 5.38 Å². The number of carbonyl (C=O) groups excluding carboxylic acids is 2. The molecule has 0 bridgehead atoms. The molecule has 3 rings (SSSR count). The van der Waals surface area contributed by atoms with Gasteiger partial charge in [0.1, 0.15) is 0 Å². The first-order valence-electron chi connectivity index (χ1n) is 5.81. The van der Waals surface area contributed by atoms with Gasteiger partial charge >= 0.3 is 5.97 Å². The Kier molecular flexibility index (Phi) is 3.58. The number of hydrogen-bond acceptors (Lipinski definition) is 6. The maximum Gasteiger partial charge on any atom is 0.338 e. The fourth-order valence-corrected chi connectivity index (χ4v) is 3.07. The lowest BCUT2D eigenvalue weighted by molar-refractivity contribution is 0.0476. The molecule has 2 heterocycles. The van der Waals surface area contributed by atoms with Crippen LogP contribution in [0.3, 0.4) is 0 Å². The Bertz CT molecular complexity index is 762. The zero-order chi connectivity index (χ0) is 13.9. The minimum atomic E-state index is -0.495. The summed E-state index contributed by atoms with van der Waals surface area (Å²) in [5, 5.41) is 1.81. The van der Waals surface area contributed by atoms with Crippen molar-refractivity contribution in [2.75, 3.05) is 6.61 Å². The fourth-order valence-electron chi connectivity index (χ4n) is 1.70. The molecule has 3 aromatic rings. The highest BCUT2D eigenvalue weighted by molar-refractivity contribution is 7.16. The highest BCUT2D eigenvalue weighted by Gasteiger charge is 2.13. The van der Waals surface area contributed by atoms with E-state index < -0.39 is 5.97 Å². The molecule has 0 spiro atoms. The Morgan fingerprint density at radius 2 is 2.10 bits per heavy atom. The van der Waals surface area contributed by atoms with Gasteiger partial charge in [0, 0.05) is 0 Å². The zero-order valence-corrected chi connectivity index (χ0v) is 11.9. The second-order valence-electron chi connectivity index (χ2n) is 4.01. The van der Waals surface area contributed by atoms with E-state index >= 15 is 0 Å². The van der Waals surface area contributed by atoms with Crippen LogP contribution in [0.25, 0.3) is 10.2 Å². The summed E-state index contributed by atoms with van der Waals surface area (Å²) < 4.78 is 5.96. The normalized spacial score (nSPS) is 10.6. The number of thiazole rings is 1. The maximum atomic E-state index is 11.9. The molecule has 0 amide bonds. The molecule has 0 unspecified atom stereocenters. The van der Waals surface area contributed by atoms with E-state index in [0.29, 0.717) is 10.4 Å². The Morgan fingerprint density at radius 1 is 1.20 bits per heavy atom. The number of thiophene rings is 1. The monoisotopic (exact) mass is 303 g/mol. The van der Waals surface area contributed by atoms with E-state index in [4.69, 9.17) is 4.74 Å². The molecule has 20 heavy (non-hydrogen) atoms. The molecule has 0 saturated carbocycles. The van der Waals surface area contributed by atoms with Gasteiger partial charge in [-0.3, -0.25) is 4.79 Å². The van der Waals surface area contributed by atoms with Gasteiger partial charge in [0.15, 0.2) is 6.61 Å². The van der Waals surface area contributed by atoms with Crippen molar-refractivity contribution in [3.63, 3.8) is 0 Å². The van der Waals surface area contributed by atoms with Gasteiger partial charge < -0.3 is 4.74 Å².